The van der Waals surface area contributed by atoms with E-state index in [0.29, 0.717) is 23.9 Å². The molecule has 0 spiro atoms. The molecule has 1 aromatic rings. The highest BCUT2D eigenvalue weighted by Gasteiger charge is 2.37. The Hall–Kier alpha value is -1.20. The van der Waals surface area contributed by atoms with Crippen LogP contribution in [0.25, 0.3) is 0 Å². The summed E-state index contributed by atoms with van der Waals surface area (Å²) in [5, 5.41) is 3.02. The van der Waals surface area contributed by atoms with Crippen molar-refractivity contribution < 1.29 is 4.79 Å². The van der Waals surface area contributed by atoms with Crippen LogP contribution >= 0.6 is 11.6 Å². The van der Waals surface area contributed by atoms with E-state index in [0.717, 1.165) is 19.3 Å². The van der Waals surface area contributed by atoms with Crippen molar-refractivity contribution in [2.24, 2.45) is 11.1 Å². The molecule has 0 unspecified atom stereocenters. The summed E-state index contributed by atoms with van der Waals surface area (Å²) in [6, 6.07) is 1.52. The lowest BCUT2D eigenvalue weighted by molar-refractivity contribution is -0.119. The Morgan fingerprint density at radius 1 is 1.53 bits per heavy atom. The predicted octanol–water partition coefficient (Wildman–Crippen LogP) is 1.59. The van der Waals surface area contributed by atoms with Crippen LogP contribution in [-0.2, 0) is 4.79 Å². The zero-order chi connectivity index (χ0) is 12.3. The molecule has 0 radical (unpaired) electrons. The van der Waals surface area contributed by atoms with Gasteiger partial charge in [0.1, 0.15) is 17.3 Å². The minimum Gasteiger partial charge on any atom is -0.330 e. The van der Waals surface area contributed by atoms with Crippen LogP contribution < -0.4 is 11.1 Å². The highest BCUT2D eigenvalue weighted by atomic mass is 35.5. The van der Waals surface area contributed by atoms with Gasteiger partial charge in [-0.2, -0.15) is 0 Å². The molecule has 1 heterocycles. The summed E-state index contributed by atoms with van der Waals surface area (Å²) in [4.78, 5) is 19.5. The molecule has 0 atom stereocenters. The van der Waals surface area contributed by atoms with Crippen LogP contribution in [0.4, 0.5) is 5.82 Å². The molecule has 1 aromatic heterocycles. The van der Waals surface area contributed by atoms with Crippen molar-refractivity contribution in [1.82, 2.24) is 9.97 Å². The number of carbonyl (C=O) groups is 1. The van der Waals surface area contributed by atoms with Gasteiger partial charge in [-0.3, -0.25) is 4.79 Å². The lowest BCUT2D eigenvalue weighted by atomic mass is 9.66. The quantitative estimate of drug-likeness (QED) is 0.800. The largest absolute Gasteiger partial charge is 0.330 e. The van der Waals surface area contributed by atoms with Gasteiger partial charge in [0.25, 0.3) is 0 Å². The first-order valence-electron chi connectivity index (χ1n) is 5.61. The zero-order valence-corrected chi connectivity index (χ0v) is 10.2. The second kappa shape index (κ2) is 4.98. The Kier molecular flexibility index (Phi) is 3.59. The van der Waals surface area contributed by atoms with Gasteiger partial charge in [0.05, 0.1) is 0 Å². The fourth-order valence-electron chi connectivity index (χ4n) is 2.06. The summed E-state index contributed by atoms with van der Waals surface area (Å²) in [7, 11) is 0. The van der Waals surface area contributed by atoms with Gasteiger partial charge < -0.3 is 11.1 Å². The number of nitrogens with one attached hydrogen (secondary N) is 1. The van der Waals surface area contributed by atoms with Crippen LogP contribution in [0.15, 0.2) is 12.4 Å². The van der Waals surface area contributed by atoms with E-state index in [2.05, 4.69) is 15.3 Å². The van der Waals surface area contributed by atoms with Crippen LogP contribution in [0.3, 0.4) is 0 Å². The van der Waals surface area contributed by atoms with Crippen molar-refractivity contribution in [3.63, 3.8) is 0 Å². The third-order valence-corrected chi connectivity index (χ3v) is 3.49. The van der Waals surface area contributed by atoms with Gasteiger partial charge in [-0.15, -0.1) is 0 Å². The number of hydrogen-bond acceptors (Lipinski definition) is 4. The number of nitrogens with zero attached hydrogens (tertiary/aromatic N) is 2. The molecule has 0 bridgehead atoms. The van der Waals surface area contributed by atoms with Crippen LogP contribution in [0.2, 0.25) is 5.15 Å². The average Bonchev–Trinajstić information content (AvgIpc) is 2.23. The number of rotatable bonds is 4. The molecular formula is C11H15ClN4O. The number of amides is 1. The third kappa shape index (κ3) is 2.92. The smallest absolute Gasteiger partial charge is 0.226 e. The van der Waals surface area contributed by atoms with Gasteiger partial charge in [-0.1, -0.05) is 18.0 Å². The maximum absolute atomic E-state index is 11.8. The summed E-state index contributed by atoms with van der Waals surface area (Å²) in [5.74, 6) is 0.367. The van der Waals surface area contributed by atoms with E-state index in [1.165, 1.54) is 12.4 Å². The fraction of sp³-hybridized carbons (Fsp3) is 0.545. The molecule has 17 heavy (non-hydrogen) atoms. The highest BCUT2D eigenvalue weighted by molar-refractivity contribution is 6.29. The topological polar surface area (TPSA) is 80.9 Å². The Labute approximate surface area is 105 Å². The SMILES string of the molecule is NCC1(CC(=O)Nc2cc(Cl)ncn2)CCC1. The summed E-state index contributed by atoms with van der Waals surface area (Å²) in [5.41, 5.74) is 5.71. The molecule has 6 heteroatoms. The summed E-state index contributed by atoms with van der Waals surface area (Å²) < 4.78 is 0. The number of carbonyl (C=O) groups excluding carboxylic acids is 1. The number of anilines is 1. The van der Waals surface area contributed by atoms with Gasteiger partial charge >= 0.3 is 0 Å². The lowest BCUT2D eigenvalue weighted by Gasteiger charge is -2.40. The third-order valence-electron chi connectivity index (χ3n) is 3.28. The molecule has 92 valence electrons. The van der Waals surface area contributed by atoms with E-state index < -0.39 is 0 Å². The number of halogens is 1. The Morgan fingerprint density at radius 3 is 2.82 bits per heavy atom. The number of nitrogens with two attached hydrogens (primary N) is 1. The van der Waals surface area contributed by atoms with Crippen LogP contribution in [0, 0.1) is 5.41 Å². The molecule has 1 fully saturated rings. The van der Waals surface area contributed by atoms with Crippen molar-refractivity contribution in [3.8, 4) is 0 Å². The number of aromatic nitrogens is 2. The molecule has 3 N–H and O–H groups in total. The standard InChI is InChI=1S/C11H15ClN4O/c12-8-4-9(15-7-14-8)16-10(17)5-11(6-13)2-1-3-11/h4,7H,1-3,5-6,13H2,(H,14,15,16,17). The molecule has 2 rings (SSSR count). The van der Waals surface area contributed by atoms with Crippen molar-refractivity contribution in [2.45, 2.75) is 25.7 Å². The fourth-order valence-corrected chi connectivity index (χ4v) is 2.21. The van der Waals surface area contributed by atoms with Gasteiger partial charge in [0, 0.05) is 12.5 Å². The first kappa shape index (κ1) is 12.3. The van der Waals surface area contributed by atoms with E-state index in [-0.39, 0.29) is 11.3 Å². The molecule has 0 aromatic carbocycles. The molecule has 0 aliphatic heterocycles. The minimum atomic E-state index is -0.0649. The van der Waals surface area contributed by atoms with Gasteiger partial charge in [-0.05, 0) is 24.8 Å². The van der Waals surface area contributed by atoms with Crippen LogP contribution in [-0.4, -0.2) is 22.4 Å². The first-order chi connectivity index (χ1) is 8.13. The second-order valence-corrected chi connectivity index (χ2v) is 4.90. The molecule has 1 saturated carbocycles. The Morgan fingerprint density at radius 2 is 2.29 bits per heavy atom. The van der Waals surface area contributed by atoms with Crippen molar-refractivity contribution in [2.75, 3.05) is 11.9 Å². The molecule has 1 aliphatic carbocycles. The summed E-state index contributed by atoms with van der Waals surface area (Å²) in [6.07, 6.45) is 4.98. The van der Waals surface area contributed by atoms with Crippen LogP contribution in [0.1, 0.15) is 25.7 Å². The monoisotopic (exact) mass is 254 g/mol. The Bertz CT molecular complexity index is 414. The van der Waals surface area contributed by atoms with E-state index in [4.69, 9.17) is 17.3 Å². The molecule has 5 nitrogen and oxygen atoms in total. The van der Waals surface area contributed by atoms with E-state index in [9.17, 15) is 4.79 Å². The summed E-state index contributed by atoms with van der Waals surface area (Å²) >= 11 is 5.70. The van der Waals surface area contributed by atoms with Crippen LogP contribution in [0.5, 0.6) is 0 Å². The molecular weight excluding hydrogens is 240 g/mol. The lowest BCUT2D eigenvalue weighted by Crippen LogP contribution is -2.40. The molecule has 0 saturated heterocycles. The van der Waals surface area contributed by atoms with Gasteiger partial charge in [-0.25, -0.2) is 9.97 Å². The van der Waals surface area contributed by atoms with Crippen molar-refractivity contribution >= 4 is 23.3 Å². The van der Waals surface area contributed by atoms with Gasteiger partial charge in [0.2, 0.25) is 5.91 Å². The number of hydrogen-bond donors (Lipinski definition) is 2. The normalized spacial score (nSPS) is 17.3. The van der Waals surface area contributed by atoms with Gasteiger partial charge in [0.15, 0.2) is 0 Å². The van der Waals surface area contributed by atoms with E-state index in [1.54, 1.807) is 0 Å². The average molecular weight is 255 g/mol. The molecule has 1 aliphatic rings. The summed E-state index contributed by atoms with van der Waals surface area (Å²) in [6.45, 7) is 0.560. The first-order valence-corrected chi connectivity index (χ1v) is 5.99. The Balaban J connectivity index is 1.93. The second-order valence-electron chi connectivity index (χ2n) is 4.51. The van der Waals surface area contributed by atoms with Crippen molar-refractivity contribution in [1.29, 1.82) is 0 Å². The maximum Gasteiger partial charge on any atom is 0.226 e. The van der Waals surface area contributed by atoms with Crippen molar-refractivity contribution in [3.05, 3.63) is 17.5 Å². The predicted molar refractivity (Wildman–Crippen MR) is 65.6 cm³/mol. The maximum atomic E-state index is 11.8. The van der Waals surface area contributed by atoms with E-state index in [1.807, 2.05) is 0 Å². The zero-order valence-electron chi connectivity index (χ0n) is 9.45. The molecule has 1 amide bonds. The van der Waals surface area contributed by atoms with E-state index >= 15 is 0 Å². The minimum absolute atomic E-state index is 0.000901. The highest BCUT2D eigenvalue weighted by Crippen LogP contribution is 2.42.